The van der Waals surface area contributed by atoms with E-state index < -0.39 is 29.4 Å². The number of aliphatic hydroxyl groups is 1. The first-order valence-corrected chi connectivity index (χ1v) is 13.4. The number of benzene rings is 4. The molecule has 0 aromatic heterocycles. The van der Waals surface area contributed by atoms with Gasteiger partial charge in [0.25, 0.3) is 0 Å². The molecule has 0 aliphatic carbocycles. The van der Waals surface area contributed by atoms with Crippen LogP contribution in [0, 0.1) is 23.3 Å². The SMILES string of the molecule is C=CCCOc1ccc(CCc2ccc(-c3ccc(-c4ccc(C(O)CCC)cc4)c(F)c3F)cc2)c(F)c1F. The van der Waals surface area contributed by atoms with Crippen LogP contribution in [0.1, 0.15) is 49.0 Å². The second-order valence-corrected chi connectivity index (χ2v) is 9.69. The highest BCUT2D eigenvalue weighted by molar-refractivity contribution is 5.72. The molecule has 0 aliphatic heterocycles. The summed E-state index contributed by atoms with van der Waals surface area (Å²) in [5.41, 5.74) is 3.10. The number of ether oxygens (including phenoxy) is 1. The summed E-state index contributed by atoms with van der Waals surface area (Å²) in [7, 11) is 0. The molecule has 4 rings (SSSR count). The van der Waals surface area contributed by atoms with Gasteiger partial charge in [0.2, 0.25) is 5.82 Å². The van der Waals surface area contributed by atoms with E-state index in [1.807, 2.05) is 6.92 Å². The fraction of sp³-hybridized carbons (Fsp3) is 0.235. The molecular formula is C34H32F4O2. The van der Waals surface area contributed by atoms with Crippen molar-refractivity contribution in [2.75, 3.05) is 6.61 Å². The van der Waals surface area contributed by atoms with Crippen LogP contribution in [-0.2, 0) is 12.8 Å². The van der Waals surface area contributed by atoms with Gasteiger partial charge >= 0.3 is 0 Å². The molecule has 0 saturated heterocycles. The maximum Gasteiger partial charge on any atom is 0.200 e. The summed E-state index contributed by atoms with van der Waals surface area (Å²) in [5, 5.41) is 10.1. The van der Waals surface area contributed by atoms with E-state index in [4.69, 9.17) is 4.74 Å². The Bertz CT molecular complexity index is 1450. The number of hydrogen-bond acceptors (Lipinski definition) is 2. The van der Waals surface area contributed by atoms with E-state index in [0.717, 1.165) is 17.5 Å². The summed E-state index contributed by atoms with van der Waals surface area (Å²) in [4.78, 5) is 0. The average Bonchev–Trinajstić information content (AvgIpc) is 2.97. The largest absolute Gasteiger partial charge is 0.490 e. The zero-order chi connectivity index (χ0) is 28.6. The van der Waals surface area contributed by atoms with E-state index in [2.05, 4.69) is 6.58 Å². The molecule has 0 spiro atoms. The first-order chi connectivity index (χ1) is 19.3. The van der Waals surface area contributed by atoms with E-state index >= 15 is 8.78 Å². The standard InChI is InChI=1S/C34H32F4O2/c1-3-5-21-40-30-20-17-26(31(35)34(30)38)12-9-22-7-10-23(11-8-22)27-18-19-28(33(37)32(27)36)24-13-15-25(16-14-24)29(39)6-4-2/h3,7-8,10-11,13-20,29,39H,1,4-6,9,12,21H2,2H3. The van der Waals surface area contributed by atoms with Crippen molar-refractivity contribution in [1.29, 1.82) is 0 Å². The summed E-state index contributed by atoms with van der Waals surface area (Å²) >= 11 is 0. The summed E-state index contributed by atoms with van der Waals surface area (Å²) in [6, 6.07) is 19.7. The minimum Gasteiger partial charge on any atom is -0.490 e. The molecule has 40 heavy (non-hydrogen) atoms. The van der Waals surface area contributed by atoms with Gasteiger partial charge in [-0.2, -0.15) is 4.39 Å². The lowest BCUT2D eigenvalue weighted by Crippen LogP contribution is -2.03. The third-order valence-electron chi connectivity index (χ3n) is 6.91. The summed E-state index contributed by atoms with van der Waals surface area (Å²) < 4.78 is 64.3. The minimum atomic E-state index is -1.01. The monoisotopic (exact) mass is 548 g/mol. The lowest BCUT2D eigenvalue weighted by Gasteiger charge is -2.12. The topological polar surface area (TPSA) is 29.5 Å². The summed E-state index contributed by atoms with van der Waals surface area (Å²) in [5.74, 6) is -3.97. The van der Waals surface area contributed by atoms with Gasteiger partial charge < -0.3 is 9.84 Å². The van der Waals surface area contributed by atoms with Gasteiger partial charge in [0.15, 0.2) is 23.2 Å². The first kappa shape index (κ1) is 29.1. The highest BCUT2D eigenvalue weighted by Gasteiger charge is 2.17. The Kier molecular flexibility index (Phi) is 9.78. The molecule has 2 nitrogen and oxygen atoms in total. The fourth-order valence-corrected chi connectivity index (χ4v) is 4.58. The second-order valence-electron chi connectivity index (χ2n) is 9.69. The Hall–Kier alpha value is -3.90. The van der Waals surface area contributed by atoms with Gasteiger partial charge in [0.05, 0.1) is 12.7 Å². The van der Waals surface area contributed by atoms with Gasteiger partial charge in [-0.3, -0.25) is 0 Å². The first-order valence-electron chi connectivity index (χ1n) is 13.4. The van der Waals surface area contributed by atoms with Crippen LogP contribution in [0.4, 0.5) is 17.6 Å². The van der Waals surface area contributed by atoms with E-state index in [-0.39, 0.29) is 35.5 Å². The molecule has 0 saturated carbocycles. The quantitative estimate of drug-likeness (QED) is 0.109. The summed E-state index contributed by atoms with van der Waals surface area (Å²) in [6.45, 7) is 5.77. The third-order valence-corrected chi connectivity index (χ3v) is 6.91. The van der Waals surface area contributed by atoms with Crippen LogP contribution < -0.4 is 4.74 Å². The van der Waals surface area contributed by atoms with Crippen molar-refractivity contribution in [2.24, 2.45) is 0 Å². The third kappa shape index (κ3) is 6.62. The van der Waals surface area contributed by atoms with Crippen molar-refractivity contribution in [3.63, 3.8) is 0 Å². The van der Waals surface area contributed by atoms with Crippen molar-refractivity contribution in [3.8, 4) is 28.0 Å². The Morgan fingerprint density at radius 3 is 1.93 bits per heavy atom. The smallest absolute Gasteiger partial charge is 0.200 e. The van der Waals surface area contributed by atoms with E-state index in [1.54, 1.807) is 66.7 Å². The highest BCUT2D eigenvalue weighted by Crippen LogP contribution is 2.33. The Morgan fingerprint density at radius 2 is 1.35 bits per heavy atom. The number of halogens is 4. The molecule has 1 N–H and O–H groups in total. The maximum absolute atomic E-state index is 15.1. The highest BCUT2D eigenvalue weighted by atomic mass is 19.2. The minimum absolute atomic E-state index is 0.128. The summed E-state index contributed by atoms with van der Waals surface area (Å²) in [6.07, 6.45) is 3.74. The van der Waals surface area contributed by atoms with Crippen molar-refractivity contribution in [1.82, 2.24) is 0 Å². The second kappa shape index (κ2) is 13.4. The number of aliphatic hydroxyl groups excluding tert-OH is 1. The van der Waals surface area contributed by atoms with Crippen molar-refractivity contribution >= 4 is 0 Å². The fourth-order valence-electron chi connectivity index (χ4n) is 4.58. The molecule has 4 aromatic carbocycles. The zero-order valence-electron chi connectivity index (χ0n) is 22.4. The van der Waals surface area contributed by atoms with Crippen LogP contribution in [0.3, 0.4) is 0 Å². The van der Waals surface area contributed by atoms with Crippen LogP contribution in [0.25, 0.3) is 22.3 Å². The zero-order valence-corrected chi connectivity index (χ0v) is 22.4. The van der Waals surface area contributed by atoms with Crippen LogP contribution in [0.15, 0.2) is 85.5 Å². The predicted octanol–water partition coefficient (Wildman–Crippen LogP) is 9.15. The lowest BCUT2D eigenvalue weighted by atomic mass is 9.96. The molecule has 0 radical (unpaired) electrons. The molecule has 208 valence electrons. The number of rotatable bonds is 12. The van der Waals surface area contributed by atoms with E-state index in [0.29, 0.717) is 30.4 Å². The van der Waals surface area contributed by atoms with Crippen LogP contribution in [0.5, 0.6) is 5.75 Å². The van der Waals surface area contributed by atoms with Crippen LogP contribution >= 0.6 is 0 Å². The normalized spacial score (nSPS) is 11.8. The van der Waals surface area contributed by atoms with Gasteiger partial charge in [0, 0.05) is 11.1 Å². The molecule has 0 aliphatic rings. The Morgan fingerprint density at radius 1 is 0.750 bits per heavy atom. The van der Waals surface area contributed by atoms with Gasteiger partial charge in [-0.05, 0) is 59.6 Å². The van der Waals surface area contributed by atoms with Crippen molar-refractivity contribution < 1.29 is 27.4 Å². The average molecular weight is 549 g/mol. The maximum atomic E-state index is 15.1. The Labute approximate surface area is 232 Å². The van der Waals surface area contributed by atoms with Crippen LogP contribution in [0.2, 0.25) is 0 Å². The van der Waals surface area contributed by atoms with Gasteiger partial charge in [-0.25, -0.2) is 13.2 Å². The van der Waals surface area contributed by atoms with Crippen molar-refractivity contribution in [2.45, 2.75) is 45.1 Å². The van der Waals surface area contributed by atoms with Crippen LogP contribution in [-0.4, -0.2) is 11.7 Å². The Balaban J connectivity index is 1.45. The number of hydrogen-bond donors (Lipinski definition) is 1. The number of aryl methyl sites for hydroxylation is 2. The molecule has 6 heteroatoms. The molecule has 0 bridgehead atoms. The van der Waals surface area contributed by atoms with Gasteiger partial charge in [-0.1, -0.05) is 86.2 Å². The predicted molar refractivity (Wildman–Crippen MR) is 151 cm³/mol. The van der Waals surface area contributed by atoms with E-state index in [9.17, 15) is 13.9 Å². The van der Waals surface area contributed by atoms with Gasteiger partial charge in [0.1, 0.15) is 0 Å². The van der Waals surface area contributed by atoms with Crippen molar-refractivity contribution in [3.05, 3.63) is 125 Å². The molecule has 4 aromatic rings. The lowest BCUT2D eigenvalue weighted by molar-refractivity contribution is 0.166. The molecule has 0 amide bonds. The molecule has 0 fully saturated rings. The molecule has 1 unspecified atom stereocenters. The van der Waals surface area contributed by atoms with Gasteiger partial charge in [-0.15, -0.1) is 6.58 Å². The van der Waals surface area contributed by atoms with E-state index in [1.165, 1.54) is 12.1 Å². The molecule has 1 atom stereocenters. The molecule has 0 heterocycles. The molecular weight excluding hydrogens is 516 g/mol.